The lowest BCUT2D eigenvalue weighted by molar-refractivity contribution is -0.133. The lowest BCUT2D eigenvalue weighted by Gasteiger charge is -2.31. The van der Waals surface area contributed by atoms with Crippen LogP contribution in [0.2, 0.25) is 5.02 Å². The highest BCUT2D eigenvalue weighted by atomic mass is 35.5. The van der Waals surface area contributed by atoms with Crippen LogP contribution in [0, 0.1) is 5.92 Å². The zero-order chi connectivity index (χ0) is 16.4. The van der Waals surface area contributed by atoms with Crippen molar-refractivity contribution < 1.29 is 14.8 Å². The fourth-order valence-corrected chi connectivity index (χ4v) is 4.13. The molecule has 0 spiro atoms. The molecule has 1 aliphatic carbocycles. The Morgan fingerprint density at radius 3 is 2.57 bits per heavy atom. The molecule has 1 aliphatic heterocycles. The van der Waals surface area contributed by atoms with Crippen molar-refractivity contribution in [2.75, 3.05) is 6.54 Å². The molecule has 2 N–H and O–H groups in total. The minimum atomic E-state index is -1.52. The Morgan fingerprint density at radius 2 is 1.91 bits per heavy atom. The number of rotatable bonds is 4. The second-order valence-electron chi connectivity index (χ2n) is 6.74. The van der Waals surface area contributed by atoms with Gasteiger partial charge in [-0.25, -0.2) is 0 Å². The minimum Gasteiger partial charge on any atom is -0.423 e. The summed E-state index contributed by atoms with van der Waals surface area (Å²) in [5, 5.41) is 18.9. The van der Waals surface area contributed by atoms with Crippen LogP contribution < -0.4 is 5.46 Å². The van der Waals surface area contributed by atoms with Gasteiger partial charge in [-0.15, -0.1) is 0 Å². The SMILES string of the molecule is O=C1C(Cc2ccc(B(O)O)cc2Cl)CCN1C1CCCCC1. The van der Waals surface area contributed by atoms with Crippen molar-refractivity contribution in [3.63, 3.8) is 0 Å². The summed E-state index contributed by atoms with van der Waals surface area (Å²) in [4.78, 5) is 14.8. The molecule has 1 aromatic rings. The maximum absolute atomic E-state index is 12.7. The molecule has 1 heterocycles. The molecule has 6 heteroatoms. The summed E-state index contributed by atoms with van der Waals surface area (Å²) in [5.74, 6) is 0.263. The Balaban J connectivity index is 1.66. The van der Waals surface area contributed by atoms with E-state index < -0.39 is 7.12 Å². The highest BCUT2D eigenvalue weighted by Crippen LogP contribution is 2.31. The predicted molar refractivity (Wildman–Crippen MR) is 91.7 cm³/mol. The molecule has 1 unspecified atom stereocenters. The molecule has 3 rings (SSSR count). The third-order valence-electron chi connectivity index (χ3n) is 5.21. The van der Waals surface area contributed by atoms with E-state index in [9.17, 15) is 14.8 Å². The Labute approximate surface area is 142 Å². The molecule has 0 bridgehead atoms. The van der Waals surface area contributed by atoms with Crippen LogP contribution in [0.1, 0.15) is 44.1 Å². The smallest absolute Gasteiger partial charge is 0.423 e. The number of hydrogen-bond donors (Lipinski definition) is 2. The summed E-state index contributed by atoms with van der Waals surface area (Å²) in [6, 6.07) is 5.46. The summed E-state index contributed by atoms with van der Waals surface area (Å²) in [7, 11) is -1.52. The van der Waals surface area contributed by atoms with E-state index in [0.717, 1.165) is 31.4 Å². The van der Waals surface area contributed by atoms with Crippen LogP contribution >= 0.6 is 11.6 Å². The number of likely N-dealkylation sites (tertiary alicyclic amines) is 1. The van der Waals surface area contributed by atoms with Crippen LogP contribution in [0.25, 0.3) is 0 Å². The number of carbonyl (C=O) groups excluding carboxylic acids is 1. The van der Waals surface area contributed by atoms with Gasteiger partial charge in [-0.1, -0.05) is 43.0 Å². The van der Waals surface area contributed by atoms with Gasteiger partial charge in [-0.3, -0.25) is 4.79 Å². The molecule has 0 radical (unpaired) electrons. The summed E-state index contributed by atoms with van der Waals surface area (Å²) in [6.07, 6.45) is 7.55. The molecule has 23 heavy (non-hydrogen) atoms. The molecule has 2 fully saturated rings. The molecule has 2 aliphatic rings. The van der Waals surface area contributed by atoms with Crippen molar-refractivity contribution in [2.24, 2.45) is 5.92 Å². The third-order valence-corrected chi connectivity index (χ3v) is 5.56. The number of carbonyl (C=O) groups is 1. The lowest BCUT2D eigenvalue weighted by atomic mass is 9.79. The third kappa shape index (κ3) is 3.73. The van der Waals surface area contributed by atoms with Gasteiger partial charge in [0.2, 0.25) is 5.91 Å². The summed E-state index contributed by atoms with van der Waals surface area (Å²) in [6.45, 7) is 0.860. The van der Waals surface area contributed by atoms with Crippen molar-refractivity contribution in [1.82, 2.24) is 4.90 Å². The van der Waals surface area contributed by atoms with E-state index in [4.69, 9.17) is 11.6 Å². The van der Waals surface area contributed by atoms with Crippen LogP contribution in [0.4, 0.5) is 0 Å². The van der Waals surface area contributed by atoms with E-state index in [0.29, 0.717) is 22.9 Å². The first-order valence-electron chi connectivity index (χ1n) is 8.51. The van der Waals surface area contributed by atoms with E-state index in [-0.39, 0.29) is 11.8 Å². The molecule has 1 aromatic carbocycles. The number of benzene rings is 1. The first kappa shape index (κ1) is 16.8. The van der Waals surface area contributed by atoms with Crippen molar-refractivity contribution >= 4 is 30.1 Å². The molecule has 124 valence electrons. The van der Waals surface area contributed by atoms with Crippen LogP contribution in [-0.4, -0.2) is 40.6 Å². The van der Waals surface area contributed by atoms with E-state index in [1.807, 2.05) is 0 Å². The van der Waals surface area contributed by atoms with Gasteiger partial charge in [-0.05, 0) is 42.8 Å². The van der Waals surface area contributed by atoms with Crippen LogP contribution in [0.15, 0.2) is 18.2 Å². The normalized spacial score (nSPS) is 22.7. The van der Waals surface area contributed by atoms with Gasteiger partial charge >= 0.3 is 7.12 Å². The lowest BCUT2D eigenvalue weighted by Crippen LogP contribution is -2.39. The fourth-order valence-electron chi connectivity index (χ4n) is 3.86. The average Bonchev–Trinajstić information content (AvgIpc) is 2.91. The molecule has 1 amide bonds. The maximum Gasteiger partial charge on any atom is 0.488 e. The van der Waals surface area contributed by atoms with E-state index >= 15 is 0 Å². The molecule has 1 atom stereocenters. The fraction of sp³-hybridized carbons (Fsp3) is 0.588. The molecule has 0 aromatic heterocycles. The van der Waals surface area contributed by atoms with Crippen molar-refractivity contribution in [1.29, 1.82) is 0 Å². The van der Waals surface area contributed by atoms with E-state index in [1.54, 1.807) is 18.2 Å². The highest BCUT2D eigenvalue weighted by Gasteiger charge is 2.36. The Kier molecular flexibility index (Phi) is 5.29. The number of amides is 1. The Morgan fingerprint density at radius 1 is 1.17 bits per heavy atom. The molecular weight excluding hydrogens is 312 g/mol. The number of hydrogen-bond acceptors (Lipinski definition) is 3. The van der Waals surface area contributed by atoms with Gasteiger partial charge in [0.25, 0.3) is 0 Å². The van der Waals surface area contributed by atoms with Crippen LogP contribution in [-0.2, 0) is 11.2 Å². The molecule has 1 saturated heterocycles. The number of halogens is 1. The quantitative estimate of drug-likeness (QED) is 0.824. The largest absolute Gasteiger partial charge is 0.488 e. The van der Waals surface area contributed by atoms with Crippen molar-refractivity contribution in [2.45, 2.75) is 51.0 Å². The summed E-state index contributed by atoms with van der Waals surface area (Å²) >= 11 is 6.24. The maximum atomic E-state index is 12.7. The van der Waals surface area contributed by atoms with Gasteiger partial charge in [0.15, 0.2) is 0 Å². The summed E-state index contributed by atoms with van der Waals surface area (Å²) < 4.78 is 0. The Hall–Kier alpha value is -1.04. The second-order valence-corrected chi connectivity index (χ2v) is 7.14. The minimum absolute atomic E-state index is 0.000624. The monoisotopic (exact) mass is 335 g/mol. The van der Waals surface area contributed by atoms with Crippen LogP contribution in [0.5, 0.6) is 0 Å². The zero-order valence-electron chi connectivity index (χ0n) is 13.2. The first-order chi connectivity index (χ1) is 11.1. The summed E-state index contributed by atoms with van der Waals surface area (Å²) in [5.41, 5.74) is 1.28. The molecule has 4 nitrogen and oxygen atoms in total. The number of nitrogens with zero attached hydrogens (tertiary/aromatic N) is 1. The Bertz CT molecular complexity index is 575. The van der Waals surface area contributed by atoms with Crippen molar-refractivity contribution in [3.8, 4) is 0 Å². The molecular formula is C17H23BClNO3. The van der Waals surface area contributed by atoms with Gasteiger partial charge in [0.1, 0.15) is 0 Å². The van der Waals surface area contributed by atoms with E-state index in [1.165, 1.54) is 19.3 Å². The average molecular weight is 336 g/mol. The van der Waals surface area contributed by atoms with Gasteiger partial charge in [-0.2, -0.15) is 0 Å². The van der Waals surface area contributed by atoms with Gasteiger partial charge in [0.05, 0.1) is 0 Å². The zero-order valence-corrected chi connectivity index (χ0v) is 14.0. The standard InChI is InChI=1S/C17H23BClNO3/c19-16-11-14(18(22)23)7-6-12(16)10-13-8-9-20(17(13)21)15-4-2-1-3-5-15/h6-7,11,13,15,22-23H,1-5,8-10H2. The van der Waals surface area contributed by atoms with Crippen molar-refractivity contribution in [3.05, 3.63) is 28.8 Å². The predicted octanol–water partition coefficient (Wildman–Crippen LogP) is 1.74. The molecule has 1 saturated carbocycles. The first-order valence-corrected chi connectivity index (χ1v) is 8.89. The topological polar surface area (TPSA) is 60.8 Å². The van der Waals surface area contributed by atoms with E-state index in [2.05, 4.69) is 4.90 Å². The second kappa shape index (κ2) is 7.24. The van der Waals surface area contributed by atoms with Gasteiger partial charge in [0, 0.05) is 23.5 Å². The van der Waals surface area contributed by atoms with Crippen LogP contribution in [0.3, 0.4) is 0 Å². The highest BCUT2D eigenvalue weighted by molar-refractivity contribution is 6.59. The van der Waals surface area contributed by atoms with Gasteiger partial charge < -0.3 is 14.9 Å².